The lowest BCUT2D eigenvalue weighted by Gasteiger charge is -2.05. The third-order valence-corrected chi connectivity index (χ3v) is 3.18. The summed E-state index contributed by atoms with van der Waals surface area (Å²) in [5.41, 5.74) is 0.283. The summed E-state index contributed by atoms with van der Waals surface area (Å²) in [7, 11) is 0. The van der Waals surface area contributed by atoms with Gasteiger partial charge in [-0.1, -0.05) is 36.4 Å². The number of carbonyl (C=O) groups excluding carboxylic acids is 1. The van der Waals surface area contributed by atoms with Crippen molar-refractivity contribution in [2.75, 3.05) is 0 Å². The van der Waals surface area contributed by atoms with Gasteiger partial charge < -0.3 is 0 Å². The van der Waals surface area contributed by atoms with Gasteiger partial charge in [-0.15, -0.1) is 0 Å². The number of hydrogen-bond acceptors (Lipinski definition) is 3. The number of carbonyl (C=O) groups is 1. The minimum Gasteiger partial charge on any atom is -0.298 e. The standard InChI is InChI=1S/C15H9NO3/c17-9-10-7-12-6-5-11-3-1-2-4-13(11)15(12)14(8-10)16(18)19/h1-9H. The Kier molecular flexibility index (Phi) is 2.49. The Hall–Kier alpha value is -2.75. The van der Waals surface area contributed by atoms with E-state index in [4.69, 9.17) is 0 Å². The van der Waals surface area contributed by atoms with E-state index in [0.29, 0.717) is 22.6 Å². The number of hydrogen-bond donors (Lipinski definition) is 0. The van der Waals surface area contributed by atoms with Gasteiger partial charge in [0, 0.05) is 11.6 Å². The van der Waals surface area contributed by atoms with E-state index in [0.717, 1.165) is 10.8 Å². The van der Waals surface area contributed by atoms with Gasteiger partial charge in [0.1, 0.15) is 6.29 Å². The molecule has 92 valence electrons. The summed E-state index contributed by atoms with van der Waals surface area (Å²) in [6.07, 6.45) is 0.627. The minimum atomic E-state index is -0.443. The fraction of sp³-hybridized carbons (Fsp3) is 0. The molecule has 3 rings (SSSR count). The molecule has 0 aromatic heterocycles. The van der Waals surface area contributed by atoms with Crippen LogP contribution in [0.15, 0.2) is 48.5 Å². The second-order valence-electron chi connectivity index (χ2n) is 4.30. The van der Waals surface area contributed by atoms with Crippen LogP contribution in [-0.2, 0) is 0 Å². The predicted molar refractivity (Wildman–Crippen MR) is 73.5 cm³/mol. The average Bonchev–Trinajstić information content (AvgIpc) is 2.45. The van der Waals surface area contributed by atoms with Crippen molar-refractivity contribution in [1.82, 2.24) is 0 Å². The van der Waals surface area contributed by atoms with Gasteiger partial charge >= 0.3 is 0 Å². The number of fused-ring (bicyclic) bond motifs is 3. The molecule has 0 radical (unpaired) electrons. The van der Waals surface area contributed by atoms with E-state index < -0.39 is 4.92 Å². The largest absolute Gasteiger partial charge is 0.298 e. The van der Waals surface area contributed by atoms with Crippen LogP contribution in [0.4, 0.5) is 5.69 Å². The molecule has 0 amide bonds. The molecule has 0 fully saturated rings. The molecular formula is C15H9NO3. The van der Waals surface area contributed by atoms with Crippen molar-refractivity contribution in [3.63, 3.8) is 0 Å². The number of non-ortho nitro benzene ring substituents is 1. The van der Waals surface area contributed by atoms with Crippen molar-refractivity contribution < 1.29 is 9.72 Å². The number of benzene rings is 3. The smallest absolute Gasteiger partial charge is 0.278 e. The van der Waals surface area contributed by atoms with Gasteiger partial charge in [0.25, 0.3) is 5.69 Å². The maximum Gasteiger partial charge on any atom is 0.278 e. The molecule has 3 aromatic carbocycles. The Morgan fingerprint density at radius 3 is 2.47 bits per heavy atom. The minimum absolute atomic E-state index is 0.0311. The second kappa shape index (κ2) is 4.17. The third-order valence-electron chi connectivity index (χ3n) is 3.18. The van der Waals surface area contributed by atoms with E-state index >= 15 is 0 Å². The fourth-order valence-corrected chi connectivity index (χ4v) is 2.36. The van der Waals surface area contributed by atoms with Crippen molar-refractivity contribution in [2.45, 2.75) is 0 Å². The van der Waals surface area contributed by atoms with Crippen molar-refractivity contribution in [2.24, 2.45) is 0 Å². The highest BCUT2D eigenvalue weighted by Crippen LogP contribution is 2.33. The van der Waals surface area contributed by atoms with Gasteiger partial charge in [-0.05, 0) is 22.2 Å². The first-order valence-corrected chi connectivity index (χ1v) is 5.76. The van der Waals surface area contributed by atoms with Crippen LogP contribution in [0.1, 0.15) is 10.4 Å². The van der Waals surface area contributed by atoms with Crippen LogP contribution >= 0.6 is 0 Å². The zero-order chi connectivity index (χ0) is 13.4. The predicted octanol–water partition coefficient (Wildman–Crippen LogP) is 3.71. The van der Waals surface area contributed by atoms with Crippen LogP contribution in [0, 0.1) is 10.1 Å². The molecule has 0 aliphatic rings. The van der Waals surface area contributed by atoms with Gasteiger partial charge in [-0.2, -0.15) is 0 Å². The Morgan fingerprint density at radius 2 is 1.74 bits per heavy atom. The molecule has 4 heteroatoms. The van der Waals surface area contributed by atoms with Crippen molar-refractivity contribution >= 4 is 33.5 Å². The summed E-state index contributed by atoms with van der Waals surface area (Å²) >= 11 is 0. The summed E-state index contributed by atoms with van der Waals surface area (Å²) < 4.78 is 0. The lowest BCUT2D eigenvalue weighted by Crippen LogP contribution is -1.93. The topological polar surface area (TPSA) is 60.2 Å². The van der Waals surface area contributed by atoms with Gasteiger partial charge in [0.15, 0.2) is 0 Å². The van der Waals surface area contributed by atoms with Crippen LogP contribution in [0.3, 0.4) is 0 Å². The highest BCUT2D eigenvalue weighted by molar-refractivity contribution is 6.13. The molecule has 0 aliphatic heterocycles. The number of rotatable bonds is 2. The second-order valence-corrected chi connectivity index (χ2v) is 4.30. The fourth-order valence-electron chi connectivity index (χ4n) is 2.36. The van der Waals surface area contributed by atoms with E-state index in [2.05, 4.69) is 0 Å². The lowest BCUT2D eigenvalue weighted by atomic mass is 9.99. The average molecular weight is 251 g/mol. The van der Waals surface area contributed by atoms with Gasteiger partial charge in [0.2, 0.25) is 0 Å². The maximum atomic E-state index is 11.2. The number of aldehydes is 1. The number of nitro benzene ring substituents is 1. The van der Waals surface area contributed by atoms with Crippen LogP contribution in [0.25, 0.3) is 21.5 Å². The summed E-state index contributed by atoms with van der Waals surface area (Å²) in [5.74, 6) is 0. The molecular weight excluding hydrogens is 242 g/mol. The summed E-state index contributed by atoms with van der Waals surface area (Å²) in [5, 5.41) is 14.3. The SMILES string of the molecule is O=Cc1cc([N+](=O)[O-])c2c(ccc3ccccc32)c1. The number of nitrogens with zero attached hydrogens (tertiary/aromatic N) is 1. The zero-order valence-electron chi connectivity index (χ0n) is 9.87. The van der Waals surface area contributed by atoms with E-state index in [1.165, 1.54) is 6.07 Å². The highest BCUT2D eigenvalue weighted by atomic mass is 16.6. The highest BCUT2D eigenvalue weighted by Gasteiger charge is 2.16. The van der Waals surface area contributed by atoms with E-state index in [-0.39, 0.29) is 5.69 Å². The van der Waals surface area contributed by atoms with Gasteiger partial charge in [0.05, 0.1) is 10.3 Å². The molecule has 19 heavy (non-hydrogen) atoms. The van der Waals surface area contributed by atoms with Crippen LogP contribution in [-0.4, -0.2) is 11.2 Å². The monoisotopic (exact) mass is 251 g/mol. The summed E-state index contributed by atoms with van der Waals surface area (Å²) in [6, 6.07) is 14.2. The molecule has 0 saturated carbocycles. The Balaban J connectivity index is 2.57. The van der Waals surface area contributed by atoms with E-state index in [1.807, 2.05) is 30.3 Å². The van der Waals surface area contributed by atoms with E-state index in [1.54, 1.807) is 12.1 Å². The summed E-state index contributed by atoms with van der Waals surface area (Å²) in [4.78, 5) is 21.6. The molecule has 0 unspecified atom stereocenters. The maximum absolute atomic E-state index is 11.2. The van der Waals surface area contributed by atoms with Crippen LogP contribution in [0.2, 0.25) is 0 Å². The Labute approximate surface area is 108 Å². The quantitative estimate of drug-likeness (QED) is 0.302. The van der Waals surface area contributed by atoms with Crippen molar-refractivity contribution in [3.8, 4) is 0 Å². The number of nitro groups is 1. The molecule has 0 saturated heterocycles. The van der Waals surface area contributed by atoms with Gasteiger partial charge in [-0.3, -0.25) is 14.9 Å². The molecule has 0 aliphatic carbocycles. The first kappa shape index (κ1) is 11.3. The summed E-state index contributed by atoms with van der Waals surface area (Å²) in [6.45, 7) is 0. The molecule has 0 N–H and O–H groups in total. The van der Waals surface area contributed by atoms with Crippen LogP contribution < -0.4 is 0 Å². The third kappa shape index (κ3) is 1.74. The Bertz CT molecular complexity index is 824. The lowest BCUT2D eigenvalue weighted by molar-refractivity contribution is -0.383. The molecule has 0 atom stereocenters. The first-order chi connectivity index (χ1) is 9.20. The van der Waals surface area contributed by atoms with Crippen molar-refractivity contribution in [3.05, 3.63) is 64.2 Å². The molecule has 0 heterocycles. The normalized spacial score (nSPS) is 10.7. The molecule has 3 aromatic rings. The van der Waals surface area contributed by atoms with Crippen molar-refractivity contribution in [1.29, 1.82) is 0 Å². The van der Waals surface area contributed by atoms with Gasteiger partial charge in [-0.25, -0.2) is 0 Å². The first-order valence-electron chi connectivity index (χ1n) is 5.76. The van der Waals surface area contributed by atoms with Crippen LogP contribution in [0.5, 0.6) is 0 Å². The Morgan fingerprint density at radius 1 is 1.00 bits per heavy atom. The molecule has 0 bridgehead atoms. The molecule has 4 nitrogen and oxygen atoms in total. The molecule has 0 spiro atoms. The zero-order valence-corrected chi connectivity index (χ0v) is 9.87. The van der Waals surface area contributed by atoms with E-state index in [9.17, 15) is 14.9 Å².